The van der Waals surface area contributed by atoms with Crippen LogP contribution in [0.4, 0.5) is 0 Å². The van der Waals surface area contributed by atoms with Gasteiger partial charge in [-0.25, -0.2) is 0 Å². The fourth-order valence-electron chi connectivity index (χ4n) is 4.21. The predicted molar refractivity (Wildman–Crippen MR) is 96.2 cm³/mol. The minimum Gasteiger partial charge on any atom is -0.546 e. The van der Waals surface area contributed by atoms with E-state index in [0.29, 0.717) is 22.5 Å². The van der Waals surface area contributed by atoms with Gasteiger partial charge in [0.25, 0.3) is 8.32 Å². The van der Waals surface area contributed by atoms with Gasteiger partial charge in [0.05, 0.1) is 11.8 Å². The van der Waals surface area contributed by atoms with Crippen LogP contribution >= 0.6 is 0 Å². The Morgan fingerprint density at radius 1 is 1.23 bits per heavy atom. The number of hydrogen-bond donors (Lipinski definition) is 0. The average molecular weight is 324 g/mol. The lowest BCUT2D eigenvalue weighted by atomic mass is 9.87. The maximum absolute atomic E-state index is 8.81. The first-order valence-electron chi connectivity index (χ1n) is 8.73. The third-order valence-corrected chi connectivity index (χ3v) is 11.4. The minimum absolute atomic E-state index is 0.0445. The molecular weight excluding hydrogens is 290 g/mol. The molecular formula is C17H33N3OSi. The third kappa shape index (κ3) is 3.88. The summed E-state index contributed by atoms with van der Waals surface area (Å²) in [5.41, 5.74) is 10.5. The summed E-state index contributed by atoms with van der Waals surface area (Å²) >= 11 is 0. The Labute approximate surface area is 137 Å². The number of rotatable bonds is 7. The first-order valence-corrected chi connectivity index (χ1v) is 10.9. The maximum Gasteiger partial charge on any atom is 0.258 e. The fraction of sp³-hybridized carbons (Fsp3) is 0.882. The molecule has 0 aliphatic heterocycles. The van der Waals surface area contributed by atoms with Crippen LogP contribution in [0.3, 0.4) is 0 Å². The highest BCUT2D eigenvalue weighted by Gasteiger charge is 2.47. The van der Waals surface area contributed by atoms with Gasteiger partial charge in [0.1, 0.15) is 0 Å². The van der Waals surface area contributed by atoms with Crippen molar-refractivity contribution >= 4 is 8.32 Å². The third-order valence-electron chi connectivity index (χ3n) is 5.33. The molecule has 0 spiro atoms. The molecule has 0 aromatic heterocycles. The summed E-state index contributed by atoms with van der Waals surface area (Å²) in [5, 5.41) is 3.99. The Bertz CT molecular complexity index is 417. The Balaban J connectivity index is 3.10. The lowest BCUT2D eigenvalue weighted by molar-refractivity contribution is 0.301. The quantitative estimate of drug-likeness (QED) is 0.226. The second kappa shape index (κ2) is 8.07. The number of nitrogens with zero attached hydrogens (tertiary/aromatic N) is 3. The molecule has 0 radical (unpaired) electrons. The van der Waals surface area contributed by atoms with Gasteiger partial charge in [0.2, 0.25) is 0 Å². The molecule has 1 aliphatic carbocycles. The smallest absolute Gasteiger partial charge is 0.258 e. The predicted octanol–water partition coefficient (Wildman–Crippen LogP) is 6.56. The zero-order chi connectivity index (χ0) is 16.9. The van der Waals surface area contributed by atoms with E-state index in [1.807, 2.05) is 0 Å². The Morgan fingerprint density at radius 2 is 1.77 bits per heavy atom. The molecule has 1 aliphatic rings. The summed E-state index contributed by atoms with van der Waals surface area (Å²) in [6.45, 7) is 16.0. The molecule has 126 valence electrons. The number of azide groups is 1. The van der Waals surface area contributed by atoms with Gasteiger partial charge in [-0.15, -0.1) is 0 Å². The van der Waals surface area contributed by atoms with Crippen molar-refractivity contribution in [3.8, 4) is 0 Å². The summed E-state index contributed by atoms with van der Waals surface area (Å²) in [6, 6.07) is -0.0445. The Hall–Kier alpha value is -0.933. The zero-order valence-corrected chi connectivity index (χ0v) is 16.3. The second-order valence-electron chi connectivity index (χ2n) is 7.46. The van der Waals surface area contributed by atoms with Crippen molar-refractivity contribution in [1.82, 2.24) is 0 Å². The number of allylic oxidation sites excluding steroid dienone is 1. The minimum atomic E-state index is -1.90. The molecule has 4 nitrogen and oxygen atoms in total. The van der Waals surface area contributed by atoms with Gasteiger partial charge in [0.15, 0.2) is 0 Å². The molecule has 0 bridgehead atoms. The van der Waals surface area contributed by atoms with E-state index < -0.39 is 8.32 Å². The lowest BCUT2D eigenvalue weighted by Gasteiger charge is -2.44. The van der Waals surface area contributed by atoms with E-state index in [0.717, 1.165) is 25.0 Å². The summed E-state index contributed by atoms with van der Waals surface area (Å²) in [7, 11) is -1.90. The fourth-order valence-corrected chi connectivity index (χ4v) is 9.54. The molecule has 0 unspecified atom stereocenters. The van der Waals surface area contributed by atoms with Crippen LogP contribution in [-0.4, -0.2) is 14.4 Å². The molecule has 0 amide bonds. The highest BCUT2D eigenvalue weighted by atomic mass is 28.4. The van der Waals surface area contributed by atoms with Crippen molar-refractivity contribution in [3.05, 3.63) is 22.3 Å². The first-order chi connectivity index (χ1) is 10.3. The average Bonchev–Trinajstić information content (AvgIpc) is 2.44. The van der Waals surface area contributed by atoms with Gasteiger partial charge < -0.3 is 4.43 Å². The van der Waals surface area contributed by atoms with Gasteiger partial charge in [-0.2, -0.15) is 0 Å². The van der Waals surface area contributed by atoms with E-state index in [9.17, 15) is 0 Å². The van der Waals surface area contributed by atoms with Gasteiger partial charge in [0, 0.05) is 11.3 Å². The van der Waals surface area contributed by atoms with Crippen molar-refractivity contribution in [1.29, 1.82) is 0 Å². The highest BCUT2D eigenvalue weighted by molar-refractivity contribution is 6.77. The standard InChI is InChI=1S/C17H33N3OSi/c1-8-15-9-10-16(11-17(15)19-20-18)21-22(12(2)3,13(4)5)14(6)7/h11-15,17H,8-10H2,1-7H3/t15-,17+/m0/s1. The Morgan fingerprint density at radius 3 is 2.18 bits per heavy atom. The van der Waals surface area contributed by atoms with Crippen LogP contribution in [0, 0.1) is 5.92 Å². The van der Waals surface area contributed by atoms with Crippen LogP contribution in [0.5, 0.6) is 0 Å². The van der Waals surface area contributed by atoms with Crippen LogP contribution in [0.1, 0.15) is 67.7 Å². The molecule has 0 saturated carbocycles. The molecule has 2 atom stereocenters. The van der Waals surface area contributed by atoms with Gasteiger partial charge in [-0.1, -0.05) is 60.0 Å². The topological polar surface area (TPSA) is 58.0 Å². The zero-order valence-electron chi connectivity index (χ0n) is 15.3. The summed E-state index contributed by atoms with van der Waals surface area (Å²) in [5.74, 6) is 1.53. The van der Waals surface area contributed by atoms with E-state index in [4.69, 9.17) is 9.96 Å². The van der Waals surface area contributed by atoms with Gasteiger partial charge >= 0.3 is 0 Å². The van der Waals surface area contributed by atoms with Crippen molar-refractivity contribution in [2.24, 2.45) is 11.0 Å². The SMILES string of the molecule is CC[C@H]1CCC(O[Si](C(C)C)(C(C)C)C(C)C)=C[C@H]1N=[N+]=[N-]. The van der Waals surface area contributed by atoms with E-state index in [1.165, 1.54) is 0 Å². The van der Waals surface area contributed by atoms with Crippen molar-refractivity contribution in [2.75, 3.05) is 0 Å². The normalized spacial score (nSPS) is 22.7. The monoisotopic (exact) mass is 323 g/mol. The molecule has 5 heteroatoms. The maximum atomic E-state index is 8.81. The van der Waals surface area contributed by atoms with Gasteiger partial charge in [-0.05, 0) is 40.6 Å². The second-order valence-corrected chi connectivity index (χ2v) is 12.8. The van der Waals surface area contributed by atoms with Crippen molar-refractivity contribution in [3.63, 3.8) is 0 Å². The number of hydrogen-bond acceptors (Lipinski definition) is 2. The Kier molecular flexibility index (Phi) is 7.01. The summed E-state index contributed by atoms with van der Waals surface area (Å²) < 4.78 is 6.75. The van der Waals surface area contributed by atoms with E-state index >= 15 is 0 Å². The molecule has 0 N–H and O–H groups in total. The van der Waals surface area contributed by atoms with Crippen LogP contribution in [0.15, 0.2) is 16.9 Å². The molecule has 0 heterocycles. The van der Waals surface area contributed by atoms with Crippen LogP contribution in [0.2, 0.25) is 16.6 Å². The van der Waals surface area contributed by atoms with Gasteiger partial charge in [-0.3, -0.25) is 0 Å². The van der Waals surface area contributed by atoms with E-state index in [2.05, 4.69) is 64.6 Å². The largest absolute Gasteiger partial charge is 0.546 e. The molecule has 22 heavy (non-hydrogen) atoms. The van der Waals surface area contributed by atoms with Crippen LogP contribution < -0.4 is 0 Å². The van der Waals surface area contributed by atoms with Crippen LogP contribution in [-0.2, 0) is 4.43 Å². The molecule has 0 aromatic carbocycles. The molecule has 0 aromatic rings. The van der Waals surface area contributed by atoms with E-state index in [-0.39, 0.29) is 6.04 Å². The lowest BCUT2D eigenvalue weighted by Crippen LogP contribution is -2.47. The molecule has 1 rings (SSSR count). The first kappa shape index (κ1) is 19.1. The highest BCUT2D eigenvalue weighted by Crippen LogP contribution is 2.45. The van der Waals surface area contributed by atoms with Crippen molar-refractivity contribution < 1.29 is 4.43 Å². The summed E-state index contributed by atoms with van der Waals surface area (Å²) in [4.78, 5) is 3.03. The van der Waals surface area contributed by atoms with E-state index in [1.54, 1.807) is 0 Å². The molecule has 0 saturated heterocycles. The van der Waals surface area contributed by atoms with Crippen molar-refractivity contribution in [2.45, 2.75) is 90.4 Å². The van der Waals surface area contributed by atoms with Crippen LogP contribution in [0.25, 0.3) is 10.4 Å². The summed E-state index contributed by atoms with van der Waals surface area (Å²) in [6.07, 6.45) is 5.20. The molecule has 0 fully saturated rings.